The molecule has 3 aromatic rings. The normalized spacial score (nSPS) is 17.9. The minimum absolute atomic E-state index is 0.0621. The van der Waals surface area contributed by atoms with E-state index < -0.39 is 17.7 Å². The third-order valence-electron chi connectivity index (χ3n) is 5.17. The van der Waals surface area contributed by atoms with E-state index in [1.54, 1.807) is 61.5 Å². The van der Waals surface area contributed by atoms with Crippen molar-refractivity contribution in [3.63, 3.8) is 0 Å². The number of Topliss-reactive ketones (excluding diaryl/α,β-unsaturated/α-hetero) is 1. The highest BCUT2D eigenvalue weighted by atomic mass is 35.5. The lowest BCUT2D eigenvalue weighted by molar-refractivity contribution is -0.132. The second kappa shape index (κ2) is 8.32. The van der Waals surface area contributed by atoms with Crippen molar-refractivity contribution in [2.24, 2.45) is 0 Å². The number of carbonyl (C=O) groups excluding carboxylic acids is 2. The number of aliphatic hydroxyl groups excluding tert-OH is 1. The Hall–Kier alpha value is -3.51. The Labute approximate surface area is 184 Å². The summed E-state index contributed by atoms with van der Waals surface area (Å²) in [5, 5.41) is 11.6. The Balaban J connectivity index is 1.92. The van der Waals surface area contributed by atoms with E-state index in [4.69, 9.17) is 20.8 Å². The van der Waals surface area contributed by atoms with E-state index in [9.17, 15) is 14.7 Å². The smallest absolute Gasteiger partial charge is 0.300 e. The van der Waals surface area contributed by atoms with E-state index in [0.717, 1.165) is 0 Å². The Kier molecular flexibility index (Phi) is 5.57. The number of hydrogen-bond acceptors (Lipinski definition) is 5. The number of furan rings is 1. The second-order valence-corrected chi connectivity index (χ2v) is 7.44. The number of hydrogen-bond donors (Lipinski definition) is 1. The van der Waals surface area contributed by atoms with Crippen LogP contribution in [0.4, 0.5) is 5.69 Å². The predicted molar refractivity (Wildman–Crippen MR) is 117 cm³/mol. The van der Waals surface area contributed by atoms with E-state index in [0.29, 0.717) is 40.0 Å². The summed E-state index contributed by atoms with van der Waals surface area (Å²) in [7, 11) is 0. The molecule has 1 N–H and O–H groups in total. The molecule has 6 nitrogen and oxygen atoms in total. The molecule has 2 heterocycles. The van der Waals surface area contributed by atoms with E-state index >= 15 is 0 Å². The number of ether oxygens (including phenoxy) is 1. The van der Waals surface area contributed by atoms with E-state index in [-0.39, 0.29) is 11.3 Å². The summed E-state index contributed by atoms with van der Waals surface area (Å²) >= 11 is 6.27. The molecule has 2 aromatic carbocycles. The van der Waals surface area contributed by atoms with E-state index in [1.807, 2.05) is 6.92 Å². The zero-order chi connectivity index (χ0) is 22.1. The summed E-state index contributed by atoms with van der Waals surface area (Å²) in [4.78, 5) is 27.5. The SMILES string of the molecule is CCOc1cccc(/C(O)=C2/C(=O)C(=O)N(c3cccc(Cl)c3C)C2c2ccco2)c1. The molecule has 0 saturated carbocycles. The fraction of sp³-hybridized carbons (Fsp3) is 0.167. The van der Waals surface area contributed by atoms with Crippen LogP contribution < -0.4 is 9.64 Å². The molecule has 0 aliphatic carbocycles. The Bertz CT molecular complexity index is 1180. The van der Waals surface area contributed by atoms with Gasteiger partial charge in [0.25, 0.3) is 11.7 Å². The zero-order valence-electron chi connectivity index (χ0n) is 17.0. The van der Waals surface area contributed by atoms with Gasteiger partial charge < -0.3 is 14.3 Å². The average Bonchev–Trinajstić information content (AvgIpc) is 3.38. The van der Waals surface area contributed by atoms with Crippen LogP contribution in [0.25, 0.3) is 5.76 Å². The van der Waals surface area contributed by atoms with Crippen molar-refractivity contribution in [2.45, 2.75) is 19.9 Å². The molecule has 1 aromatic heterocycles. The van der Waals surface area contributed by atoms with Crippen molar-refractivity contribution < 1.29 is 23.8 Å². The molecule has 1 aliphatic rings. The van der Waals surface area contributed by atoms with Gasteiger partial charge in [-0.1, -0.05) is 29.8 Å². The summed E-state index contributed by atoms with van der Waals surface area (Å²) < 4.78 is 11.1. The third kappa shape index (κ3) is 3.59. The summed E-state index contributed by atoms with van der Waals surface area (Å²) in [6.07, 6.45) is 1.45. The van der Waals surface area contributed by atoms with Crippen LogP contribution in [0.5, 0.6) is 5.75 Å². The van der Waals surface area contributed by atoms with Crippen LogP contribution in [-0.4, -0.2) is 23.4 Å². The van der Waals surface area contributed by atoms with Crippen molar-refractivity contribution in [2.75, 3.05) is 11.5 Å². The quantitative estimate of drug-likeness (QED) is 0.334. The lowest BCUT2D eigenvalue weighted by atomic mass is 9.99. The average molecular weight is 438 g/mol. The van der Waals surface area contributed by atoms with Gasteiger partial charge in [-0.05, 0) is 55.8 Å². The van der Waals surface area contributed by atoms with Gasteiger partial charge in [-0.25, -0.2) is 0 Å². The van der Waals surface area contributed by atoms with Crippen molar-refractivity contribution in [3.8, 4) is 5.75 Å². The highest BCUT2D eigenvalue weighted by Crippen LogP contribution is 2.44. The Morgan fingerprint density at radius 2 is 1.94 bits per heavy atom. The van der Waals surface area contributed by atoms with E-state index in [2.05, 4.69) is 0 Å². The molecule has 0 bridgehead atoms. The van der Waals surface area contributed by atoms with Crippen LogP contribution >= 0.6 is 11.6 Å². The Morgan fingerprint density at radius 3 is 2.65 bits per heavy atom. The number of anilines is 1. The number of carbonyl (C=O) groups is 2. The second-order valence-electron chi connectivity index (χ2n) is 7.03. The minimum atomic E-state index is -0.942. The van der Waals surface area contributed by atoms with Crippen LogP contribution in [0, 0.1) is 6.92 Å². The van der Waals surface area contributed by atoms with Gasteiger partial charge in [0, 0.05) is 16.3 Å². The fourth-order valence-corrected chi connectivity index (χ4v) is 3.88. The maximum absolute atomic E-state index is 13.1. The number of amides is 1. The fourth-order valence-electron chi connectivity index (χ4n) is 3.71. The van der Waals surface area contributed by atoms with Gasteiger partial charge in [-0.2, -0.15) is 0 Å². The van der Waals surface area contributed by atoms with E-state index in [1.165, 1.54) is 11.2 Å². The lowest BCUT2D eigenvalue weighted by Gasteiger charge is -2.25. The largest absolute Gasteiger partial charge is 0.507 e. The molecule has 0 radical (unpaired) electrons. The number of aliphatic hydroxyl groups is 1. The molecule has 1 aliphatic heterocycles. The van der Waals surface area contributed by atoms with Gasteiger partial charge in [-0.15, -0.1) is 0 Å². The maximum atomic E-state index is 13.1. The maximum Gasteiger partial charge on any atom is 0.300 e. The Morgan fingerprint density at radius 1 is 1.16 bits per heavy atom. The highest BCUT2D eigenvalue weighted by Gasteiger charge is 2.48. The van der Waals surface area contributed by atoms with Gasteiger partial charge in [0.1, 0.15) is 23.3 Å². The first-order valence-corrected chi connectivity index (χ1v) is 10.1. The lowest BCUT2D eigenvalue weighted by Crippen LogP contribution is -2.30. The highest BCUT2D eigenvalue weighted by molar-refractivity contribution is 6.52. The number of benzene rings is 2. The first-order chi connectivity index (χ1) is 14.9. The summed E-state index contributed by atoms with van der Waals surface area (Å²) in [5.41, 5.74) is 1.41. The molecule has 4 rings (SSSR count). The molecule has 1 saturated heterocycles. The molecule has 158 valence electrons. The molecule has 1 fully saturated rings. The molecule has 31 heavy (non-hydrogen) atoms. The summed E-state index contributed by atoms with van der Waals surface area (Å²) in [5.74, 6) is -0.986. The molecule has 7 heteroatoms. The van der Waals surface area contributed by atoms with Crippen molar-refractivity contribution >= 4 is 34.7 Å². The van der Waals surface area contributed by atoms with Crippen molar-refractivity contribution in [1.29, 1.82) is 0 Å². The molecule has 1 unspecified atom stereocenters. The number of rotatable bonds is 5. The minimum Gasteiger partial charge on any atom is -0.507 e. The molecular weight excluding hydrogens is 418 g/mol. The van der Waals surface area contributed by atoms with Gasteiger partial charge in [0.15, 0.2) is 0 Å². The molecule has 1 atom stereocenters. The van der Waals surface area contributed by atoms with Crippen LogP contribution in [0.15, 0.2) is 70.9 Å². The van der Waals surface area contributed by atoms with Crippen LogP contribution in [-0.2, 0) is 9.59 Å². The number of halogens is 1. The first-order valence-electron chi connectivity index (χ1n) is 9.76. The number of ketones is 1. The summed E-state index contributed by atoms with van der Waals surface area (Å²) in [6.45, 7) is 4.07. The van der Waals surface area contributed by atoms with Gasteiger partial charge >= 0.3 is 0 Å². The van der Waals surface area contributed by atoms with Crippen LogP contribution in [0.1, 0.15) is 29.9 Å². The third-order valence-corrected chi connectivity index (χ3v) is 5.58. The van der Waals surface area contributed by atoms with Crippen molar-refractivity contribution in [3.05, 3.63) is 88.3 Å². The number of nitrogens with zero attached hydrogens (tertiary/aromatic N) is 1. The predicted octanol–water partition coefficient (Wildman–Crippen LogP) is 5.27. The summed E-state index contributed by atoms with van der Waals surface area (Å²) in [6, 6.07) is 14.2. The molecule has 0 spiro atoms. The van der Waals surface area contributed by atoms with Crippen molar-refractivity contribution in [1.82, 2.24) is 0 Å². The molecular formula is C24H20ClNO5. The van der Waals surface area contributed by atoms with Gasteiger partial charge in [0.05, 0.1) is 18.4 Å². The standard InChI is InChI=1S/C24H20ClNO5/c1-3-30-16-8-4-7-15(13-16)22(27)20-21(19-11-6-12-31-19)26(24(29)23(20)28)18-10-5-9-17(25)14(18)2/h4-13,21,27H,3H2,1-2H3/b22-20-. The van der Waals surface area contributed by atoms with Crippen LogP contribution in [0.2, 0.25) is 5.02 Å². The zero-order valence-corrected chi connectivity index (χ0v) is 17.7. The first kappa shape index (κ1) is 20.8. The monoisotopic (exact) mass is 437 g/mol. The van der Waals surface area contributed by atoms with Gasteiger partial charge in [0.2, 0.25) is 0 Å². The van der Waals surface area contributed by atoms with Gasteiger partial charge in [-0.3, -0.25) is 14.5 Å². The molecule has 1 amide bonds. The topological polar surface area (TPSA) is 80.0 Å². The van der Waals surface area contributed by atoms with Crippen LogP contribution in [0.3, 0.4) is 0 Å².